The second-order valence-electron chi connectivity index (χ2n) is 20.3. The lowest BCUT2D eigenvalue weighted by Gasteiger charge is -2.28. The van der Waals surface area contributed by atoms with Gasteiger partial charge in [0, 0.05) is 12.8 Å². The van der Waals surface area contributed by atoms with Crippen LogP contribution in [-0.4, -0.2) is 70.0 Å². The van der Waals surface area contributed by atoms with Crippen LogP contribution in [0.25, 0.3) is 0 Å². The second kappa shape index (κ2) is 51.4. The predicted octanol–water partition coefficient (Wildman–Crippen LogP) is 17.1. The number of quaternary nitrogens is 1. The summed E-state index contributed by atoms with van der Waals surface area (Å²) in [4.78, 5) is 37.8. The van der Waals surface area contributed by atoms with E-state index in [1.165, 1.54) is 135 Å². The first-order valence-corrected chi connectivity index (χ1v) is 30.1. The smallest absolute Gasteiger partial charge is 0.306 e. The van der Waals surface area contributed by atoms with Crippen molar-refractivity contribution in [3.63, 3.8) is 0 Å². The Bertz CT molecular complexity index is 1410. The van der Waals surface area contributed by atoms with E-state index in [0.29, 0.717) is 17.4 Å². The van der Waals surface area contributed by atoms with Gasteiger partial charge in [-0.2, -0.15) is 0 Å². The Balaban J connectivity index is 4.06. The average molecular weight is 1000 g/mol. The number of ether oxygens (including phenoxy) is 2. The third-order valence-electron chi connectivity index (χ3n) is 12.2. The monoisotopic (exact) mass is 1000 g/mol. The summed E-state index contributed by atoms with van der Waals surface area (Å²) in [6, 6.07) is 0. The van der Waals surface area contributed by atoms with Crippen LogP contribution < -0.4 is 4.89 Å². The van der Waals surface area contributed by atoms with Gasteiger partial charge in [-0.3, -0.25) is 14.2 Å². The zero-order valence-electron chi connectivity index (χ0n) is 46.0. The van der Waals surface area contributed by atoms with Crippen LogP contribution >= 0.6 is 7.82 Å². The Labute approximate surface area is 431 Å². The highest BCUT2D eigenvalue weighted by Gasteiger charge is 2.21. The van der Waals surface area contributed by atoms with Crippen LogP contribution in [0.5, 0.6) is 0 Å². The number of allylic oxidation sites excluding steroid dienone is 12. The molecule has 0 aromatic rings. The van der Waals surface area contributed by atoms with Crippen molar-refractivity contribution in [1.29, 1.82) is 0 Å². The number of unbranched alkanes of at least 4 members (excludes halogenated alkanes) is 26. The molecule has 2 unspecified atom stereocenters. The largest absolute Gasteiger partial charge is 0.756 e. The third-order valence-corrected chi connectivity index (χ3v) is 13.2. The molecule has 70 heavy (non-hydrogen) atoms. The fourth-order valence-corrected chi connectivity index (χ4v) is 8.57. The Morgan fingerprint density at radius 2 is 0.814 bits per heavy atom. The minimum atomic E-state index is -4.63. The van der Waals surface area contributed by atoms with Gasteiger partial charge in [-0.1, -0.05) is 241 Å². The maximum atomic E-state index is 12.8. The summed E-state index contributed by atoms with van der Waals surface area (Å²) >= 11 is 0. The number of hydrogen-bond acceptors (Lipinski definition) is 8. The van der Waals surface area contributed by atoms with Gasteiger partial charge in [0.2, 0.25) is 0 Å². The molecule has 0 fully saturated rings. The third kappa shape index (κ3) is 54.8. The maximum absolute atomic E-state index is 12.8. The van der Waals surface area contributed by atoms with E-state index < -0.39 is 26.5 Å². The number of hydrogen-bond donors (Lipinski definition) is 0. The Hall–Kier alpha value is -2.55. The molecular weight excluding hydrogens is 894 g/mol. The van der Waals surface area contributed by atoms with E-state index >= 15 is 0 Å². The number of phosphoric acid groups is 1. The van der Waals surface area contributed by atoms with E-state index in [0.717, 1.165) is 77.0 Å². The van der Waals surface area contributed by atoms with E-state index in [-0.39, 0.29) is 32.0 Å². The highest BCUT2D eigenvalue weighted by Crippen LogP contribution is 2.38. The lowest BCUT2D eigenvalue weighted by molar-refractivity contribution is -0.870. The molecular formula is C60H108NO8P. The molecule has 0 spiro atoms. The van der Waals surface area contributed by atoms with E-state index in [1.807, 2.05) is 21.1 Å². The first-order valence-electron chi connectivity index (χ1n) is 28.6. The quantitative estimate of drug-likeness (QED) is 0.0195. The summed E-state index contributed by atoms with van der Waals surface area (Å²) < 4.78 is 34.1. The van der Waals surface area contributed by atoms with Crippen molar-refractivity contribution in [2.45, 2.75) is 251 Å². The van der Waals surface area contributed by atoms with E-state index in [4.69, 9.17) is 18.5 Å². The lowest BCUT2D eigenvalue weighted by Crippen LogP contribution is -2.37. The minimum absolute atomic E-state index is 0.0312. The molecule has 0 rings (SSSR count). The number of carbonyl (C=O) groups excluding carboxylic acids is 2. The number of carbonyl (C=O) groups is 2. The maximum Gasteiger partial charge on any atom is 0.306 e. The average Bonchev–Trinajstić information content (AvgIpc) is 3.32. The molecule has 0 aromatic carbocycles. The summed E-state index contributed by atoms with van der Waals surface area (Å²) in [6.45, 7) is 4.13. The molecule has 0 saturated heterocycles. The van der Waals surface area contributed by atoms with Crippen LogP contribution in [0.1, 0.15) is 245 Å². The lowest BCUT2D eigenvalue weighted by atomic mass is 10.0. The summed E-state index contributed by atoms with van der Waals surface area (Å²) in [5, 5.41) is 0. The molecule has 0 N–H and O–H groups in total. The van der Waals surface area contributed by atoms with Crippen LogP contribution in [0, 0.1) is 0 Å². The van der Waals surface area contributed by atoms with Gasteiger partial charge in [-0.15, -0.1) is 0 Å². The first-order chi connectivity index (χ1) is 34.0. The zero-order valence-corrected chi connectivity index (χ0v) is 46.8. The molecule has 0 aromatic heterocycles. The first kappa shape index (κ1) is 67.5. The van der Waals surface area contributed by atoms with Gasteiger partial charge in [0.25, 0.3) is 7.82 Å². The van der Waals surface area contributed by atoms with Gasteiger partial charge in [0.05, 0.1) is 27.7 Å². The van der Waals surface area contributed by atoms with Crippen LogP contribution in [0.4, 0.5) is 0 Å². The molecule has 0 aliphatic carbocycles. The normalized spacial score (nSPS) is 13.9. The molecule has 9 nitrogen and oxygen atoms in total. The molecule has 0 saturated carbocycles. The second-order valence-corrected chi connectivity index (χ2v) is 21.7. The fraction of sp³-hybridized carbons (Fsp3) is 0.767. The van der Waals surface area contributed by atoms with Gasteiger partial charge in [-0.25, -0.2) is 0 Å². The van der Waals surface area contributed by atoms with Gasteiger partial charge in [0.15, 0.2) is 6.10 Å². The Morgan fingerprint density at radius 1 is 0.457 bits per heavy atom. The molecule has 0 aliphatic heterocycles. The van der Waals surface area contributed by atoms with Crippen LogP contribution in [-0.2, 0) is 32.7 Å². The predicted molar refractivity (Wildman–Crippen MR) is 296 cm³/mol. The van der Waals surface area contributed by atoms with Crippen molar-refractivity contribution in [3.05, 3.63) is 72.9 Å². The van der Waals surface area contributed by atoms with Gasteiger partial charge >= 0.3 is 11.9 Å². The van der Waals surface area contributed by atoms with E-state index in [1.54, 1.807) is 0 Å². The summed E-state index contributed by atoms with van der Waals surface area (Å²) in [7, 11) is 1.17. The zero-order chi connectivity index (χ0) is 51.3. The van der Waals surface area contributed by atoms with Crippen molar-refractivity contribution in [1.82, 2.24) is 0 Å². The fourth-order valence-electron chi connectivity index (χ4n) is 7.84. The van der Waals surface area contributed by atoms with Gasteiger partial charge in [-0.05, 0) is 64.2 Å². The number of phosphoric ester groups is 1. The number of rotatable bonds is 52. The molecule has 2 atom stereocenters. The number of esters is 2. The van der Waals surface area contributed by atoms with E-state index in [9.17, 15) is 19.0 Å². The van der Waals surface area contributed by atoms with Gasteiger partial charge in [0.1, 0.15) is 19.8 Å². The molecule has 0 bridgehead atoms. The number of nitrogens with zero attached hydrogens (tertiary/aromatic N) is 1. The summed E-state index contributed by atoms with van der Waals surface area (Å²) in [6.07, 6.45) is 66.6. The van der Waals surface area contributed by atoms with Crippen molar-refractivity contribution in [2.24, 2.45) is 0 Å². The molecule has 406 valence electrons. The SMILES string of the molecule is CC/C=C\C/C=C\C/C=C\C/C=C\C/C=C\C/C=C\CCCCCCCCCCCCCCCCC(=O)OC(COC(=O)CCCCCCCCCCCCCCC)COP(=O)([O-])OCC[N+](C)(C)C. The highest BCUT2D eigenvalue weighted by atomic mass is 31.2. The van der Waals surface area contributed by atoms with Crippen molar-refractivity contribution >= 4 is 19.8 Å². The standard InChI is InChI=1S/C60H108NO8P/c1-6-8-10-12-14-16-18-20-21-22-23-24-25-26-27-28-29-30-31-32-33-34-35-36-37-38-39-41-43-45-47-49-51-53-60(63)69-58(57-68-70(64,65)67-55-54-61(3,4)5)56-66-59(62)52-50-48-46-44-42-40-19-17-15-13-11-9-7-2/h8,10,14,16,20-21,23-24,26-27,29-30,58H,6-7,9,11-13,15,17-19,22,25,28,31-57H2,1-5H3/b10-8-,16-14-,21-20-,24-23-,27-26-,30-29-. The topological polar surface area (TPSA) is 111 Å². The Kier molecular flexibility index (Phi) is 49.5. The molecule has 0 heterocycles. The number of likely N-dealkylation sites (N-methyl/N-ethyl adjacent to an activating group) is 1. The van der Waals surface area contributed by atoms with Crippen LogP contribution in [0.3, 0.4) is 0 Å². The summed E-state index contributed by atoms with van der Waals surface area (Å²) in [5.41, 5.74) is 0. The van der Waals surface area contributed by atoms with Crippen LogP contribution in [0.15, 0.2) is 72.9 Å². The highest BCUT2D eigenvalue weighted by molar-refractivity contribution is 7.45. The van der Waals surface area contributed by atoms with Crippen molar-refractivity contribution < 1.29 is 42.1 Å². The van der Waals surface area contributed by atoms with Crippen molar-refractivity contribution in [3.8, 4) is 0 Å². The molecule has 0 amide bonds. The minimum Gasteiger partial charge on any atom is -0.756 e. The molecule has 10 heteroatoms. The summed E-state index contributed by atoms with van der Waals surface area (Å²) in [5.74, 6) is -0.828. The van der Waals surface area contributed by atoms with Crippen molar-refractivity contribution in [2.75, 3.05) is 47.5 Å². The van der Waals surface area contributed by atoms with Gasteiger partial charge < -0.3 is 27.9 Å². The molecule has 0 aliphatic rings. The van der Waals surface area contributed by atoms with E-state index in [2.05, 4.69) is 86.8 Å². The Morgan fingerprint density at radius 3 is 1.21 bits per heavy atom. The van der Waals surface area contributed by atoms with Crippen LogP contribution in [0.2, 0.25) is 0 Å². The molecule has 0 radical (unpaired) electrons.